The molecule has 3 fully saturated rings. The lowest BCUT2D eigenvalue weighted by Crippen LogP contribution is -2.29. The van der Waals surface area contributed by atoms with Gasteiger partial charge in [0.2, 0.25) is 0 Å². The summed E-state index contributed by atoms with van der Waals surface area (Å²) in [4.78, 5) is 0. The Morgan fingerprint density at radius 1 is 0.636 bits per heavy atom. The van der Waals surface area contributed by atoms with Crippen molar-refractivity contribution in [1.82, 2.24) is 0 Å². The van der Waals surface area contributed by atoms with Gasteiger partial charge in [-0.1, -0.05) is 69.7 Å². The Hall–Kier alpha value is -0.850. The van der Waals surface area contributed by atoms with Crippen LogP contribution in [0.3, 0.4) is 0 Å². The molecule has 0 bridgehead atoms. The first kappa shape index (κ1) is 25.2. The summed E-state index contributed by atoms with van der Waals surface area (Å²) in [5.41, 5.74) is 3.11. The van der Waals surface area contributed by atoms with Gasteiger partial charge in [-0.2, -0.15) is 0 Å². The number of halogens is 1. The monoisotopic (exact) mass is 454 g/mol. The van der Waals surface area contributed by atoms with Crippen LogP contribution in [0.25, 0.3) is 0 Å². The highest BCUT2D eigenvalue weighted by Gasteiger charge is 2.34. The fourth-order valence-corrected chi connectivity index (χ4v) is 7.91. The molecule has 3 aliphatic carbocycles. The maximum Gasteiger partial charge on any atom is 0.0894 e. The highest BCUT2D eigenvalue weighted by molar-refractivity contribution is 5.26. The fraction of sp³-hybridized carbons (Fsp3) is 0.812. The van der Waals surface area contributed by atoms with E-state index in [1.54, 1.807) is 5.56 Å². The van der Waals surface area contributed by atoms with Crippen LogP contribution in [-0.2, 0) is 6.42 Å². The highest BCUT2D eigenvalue weighted by atomic mass is 19.1. The third-order valence-corrected chi connectivity index (χ3v) is 10.0. The van der Waals surface area contributed by atoms with E-state index in [1.807, 2.05) is 0 Å². The van der Waals surface area contributed by atoms with E-state index >= 15 is 0 Å². The van der Waals surface area contributed by atoms with Gasteiger partial charge in [-0.25, -0.2) is 0 Å². The number of rotatable bonds is 10. The van der Waals surface area contributed by atoms with Crippen molar-refractivity contribution in [2.45, 2.75) is 128 Å². The van der Waals surface area contributed by atoms with Gasteiger partial charge in [0.05, 0.1) is 6.67 Å². The molecule has 0 N–H and O–H groups in total. The Balaban J connectivity index is 1.13. The zero-order chi connectivity index (χ0) is 22.9. The van der Waals surface area contributed by atoms with Gasteiger partial charge in [0, 0.05) is 0 Å². The average Bonchev–Trinajstić information content (AvgIpc) is 2.88. The molecular weight excluding hydrogens is 403 g/mol. The van der Waals surface area contributed by atoms with Gasteiger partial charge in [0.15, 0.2) is 0 Å². The minimum atomic E-state index is -0.121. The molecule has 0 aromatic heterocycles. The lowest BCUT2D eigenvalue weighted by molar-refractivity contribution is 0.108. The molecule has 0 atom stereocenters. The number of aryl methyl sites for hydroxylation is 1. The zero-order valence-electron chi connectivity index (χ0n) is 21.6. The first-order valence-corrected chi connectivity index (χ1v) is 14.9. The molecule has 0 saturated heterocycles. The summed E-state index contributed by atoms with van der Waals surface area (Å²) in [5.74, 6) is 5.88. The molecule has 1 aromatic carbocycles. The van der Waals surface area contributed by atoms with E-state index in [2.05, 4.69) is 31.2 Å². The third kappa shape index (κ3) is 7.32. The van der Waals surface area contributed by atoms with Crippen LogP contribution >= 0.6 is 0 Å². The molecule has 3 aliphatic rings. The van der Waals surface area contributed by atoms with Crippen LogP contribution in [0.2, 0.25) is 0 Å². The van der Waals surface area contributed by atoms with Crippen molar-refractivity contribution in [3.8, 4) is 0 Å². The van der Waals surface area contributed by atoms with Crippen molar-refractivity contribution in [3.63, 3.8) is 0 Å². The van der Waals surface area contributed by atoms with Crippen molar-refractivity contribution >= 4 is 0 Å². The van der Waals surface area contributed by atoms with E-state index in [4.69, 9.17) is 0 Å². The van der Waals surface area contributed by atoms with Gasteiger partial charge in [0.25, 0.3) is 0 Å². The molecule has 0 spiro atoms. The maximum absolute atomic E-state index is 12.3. The lowest BCUT2D eigenvalue weighted by Gasteiger charge is -2.41. The largest absolute Gasteiger partial charge is 0.251 e. The van der Waals surface area contributed by atoms with Crippen LogP contribution in [0.5, 0.6) is 0 Å². The Morgan fingerprint density at radius 2 is 1.15 bits per heavy atom. The Morgan fingerprint density at radius 3 is 1.67 bits per heavy atom. The summed E-state index contributed by atoms with van der Waals surface area (Å²) >= 11 is 0. The molecule has 186 valence electrons. The second kappa shape index (κ2) is 13.3. The van der Waals surface area contributed by atoms with Gasteiger partial charge in [-0.3, -0.25) is 4.39 Å². The molecule has 0 unspecified atom stereocenters. The standard InChI is InChI=1S/C32H51F/c1-2-6-25-8-12-27(13-9-25)29-16-20-31(21-17-29)32-22-18-30(19-23-32)28-14-10-26(11-15-28)7-4-3-5-24-33/h8-9,12-13,26,28-32H,2-7,10-11,14-24H2,1H3/t26-,28-,29?,30?,31?,32?. The molecule has 0 nitrogen and oxygen atoms in total. The lowest BCUT2D eigenvalue weighted by atomic mass is 9.64. The minimum Gasteiger partial charge on any atom is -0.251 e. The molecule has 0 amide bonds. The molecule has 0 radical (unpaired) electrons. The van der Waals surface area contributed by atoms with Crippen LogP contribution in [0.15, 0.2) is 24.3 Å². The molecule has 4 rings (SSSR count). The molecule has 0 aliphatic heterocycles. The molecule has 1 aromatic rings. The van der Waals surface area contributed by atoms with Crippen molar-refractivity contribution < 1.29 is 4.39 Å². The molecule has 0 heterocycles. The Kier molecular flexibility index (Phi) is 10.2. The number of benzene rings is 1. The Labute approximate surface area is 204 Å². The first-order valence-electron chi connectivity index (χ1n) is 14.9. The van der Waals surface area contributed by atoms with E-state index in [0.717, 1.165) is 48.3 Å². The summed E-state index contributed by atoms with van der Waals surface area (Å²) in [6, 6.07) is 9.62. The summed E-state index contributed by atoms with van der Waals surface area (Å²) in [5, 5.41) is 0. The number of hydrogen-bond donors (Lipinski definition) is 0. The normalized spacial score (nSPS) is 33.2. The number of unbranched alkanes of at least 4 members (excludes halogenated alkanes) is 2. The van der Waals surface area contributed by atoms with Gasteiger partial charge < -0.3 is 0 Å². The van der Waals surface area contributed by atoms with Gasteiger partial charge in [0.1, 0.15) is 0 Å². The summed E-state index contributed by atoms with van der Waals surface area (Å²) < 4.78 is 12.3. The highest BCUT2D eigenvalue weighted by Crippen LogP contribution is 2.47. The van der Waals surface area contributed by atoms with E-state index in [9.17, 15) is 4.39 Å². The molecule has 33 heavy (non-hydrogen) atoms. The van der Waals surface area contributed by atoms with Crippen LogP contribution in [0.1, 0.15) is 133 Å². The van der Waals surface area contributed by atoms with E-state index in [1.165, 1.54) is 108 Å². The molecular formula is C32H51F. The van der Waals surface area contributed by atoms with Gasteiger partial charge in [-0.15, -0.1) is 0 Å². The smallest absolute Gasteiger partial charge is 0.0894 e. The van der Waals surface area contributed by atoms with Crippen LogP contribution in [0.4, 0.5) is 4.39 Å². The number of alkyl halides is 1. The summed E-state index contributed by atoms with van der Waals surface area (Å²) in [7, 11) is 0. The van der Waals surface area contributed by atoms with Crippen molar-refractivity contribution in [1.29, 1.82) is 0 Å². The van der Waals surface area contributed by atoms with Gasteiger partial charge in [-0.05, 0) is 124 Å². The van der Waals surface area contributed by atoms with Crippen molar-refractivity contribution in [2.24, 2.45) is 29.6 Å². The zero-order valence-corrected chi connectivity index (χ0v) is 21.6. The predicted octanol–water partition coefficient (Wildman–Crippen LogP) is 10.1. The Bertz CT molecular complexity index is 640. The SMILES string of the molecule is CCCc1ccc(C2CCC(C3CCC([C@H]4CC[C@H](CCCCCF)CC4)CC3)CC2)cc1. The van der Waals surface area contributed by atoms with Crippen LogP contribution in [-0.4, -0.2) is 6.67 Å². The van der Waals surface area contributed by atoms with Crippen molar-refractivity contribution in [2.75, 3.05) is 6.67 Å². The van der Waals surface area contributed by atoms with E-state index < -0.39 is 0 Å². The minimum absolute atomic E-state index is 0.121. The summed E-state index contributed by atoms with van der Waals surface area (Å²) in [6.07, 6.45) is 24.8. The van der Waals surface area contributed by atoms with Gasteiger partial charge >= 0.3 is 0 Å². The second-order valence-electron chi connectivity index (χ2n) is 12.1. The summed E-state index contributed by atoms with van der Waals surface area (Å²) in [6.45, 7) is 2.15. The first-order chi connectivity index (χ1) is 16.3. The average molecular weight is 455 g/mol. The maximum atomic E-state index is 12.3. The quantitative estimate of drug-likeness (QED) is 0.308. The molecule has 1 heteroatoms. The topological polar surface area (TPSA) is 0 Å². The van der Waals surface area contributed by atoms with E-state index in [0.29, 0.717) is 0 Å². The molecule has 3 saturated carbocycles. The second-order valence-corrected chi connectivity index (χ2v) is 12.1. The number of hydrogen-bond acceptors (Lipinski definition) is 0. The fourth-order valence-electron chi connectivity index (χ4n) is 7.91. The third-order valence-electron chi connectivity index (χ3n) is 10.0. The van der Waals surface area contributed by atoms with Crippen molar-refractivity contribution in [3.05, 3.63) is 35.4 Å². The van der Waals surface area contributed by atoms with Crippen LogP contribution in [0, 0.1) is 29.6 Å². The predicted molar refractivity (Wildman–Crippen MR) is 140 cm³/mol. The van der Waals surface area contributed by atoms with Crippen LogP contribution < -0.4 is 0 Å². The van der Waals surface area contributed by atoms with E-state index in [-0.39, 0.29) is 6.67 Å².